The van der Waals surface area contributed by atoms with E-state index < -0.39 is 0 Å². The molecule has 1 aliphatic rings. The van der Waals surface area contributed by atoms with Crippen LogP contribution < -0.4 is 0 Å². The van der Waals surface area contributed by atoms with Crippen molar-refractivity contribution in [2.24, 2.45) is 17.8 Å². The third-order valence-electron chi connectivity index (χ3n) is 3.34. The molecule has 72 valence electrons. The smallest absolute Gasteiger partial charge is 0.00371 e. The first kappa shape index (κ1) is 10.8. The van der Waals surface area contributed by atoms with Crippen molar-refractivity contribution in [1.82, 2.24) is 0 Å². The first-order valence-corrected chi connectivity index (χ1v) is 7.08. The van der Waals surface area contributed by atoms with Gasteiger partial charge >= 0.3 is 0 Å². The number of hydrogen-bond acceptors (Lipinski definition) is 2. The van der Waals surface area contributed by atoms with Gasteiger partial charge in [0.2, 0.25) is 0 Å². The van der Waals surface area contributed by atoms with E-state index in [-0.39, 0.29) is 0 Å². The van der Waals surface area contributed by atoms with Crippen LogP contribution in [-0.4, -0.2) is 5.75 Å². The van der Waals surface area contributed by atoms with Gasteiger partial charge in [0, 0.05) is 5.75 Å². The standard InChI is InChI=1S/C10H20S2/c1-3-8(2)10-6-9(7-10)4-5-12-11/h8-11H,3-7H2,1-2H3. The summed E-state index contributed by atoms with van der Waals surface area (Å²) in [6.07, 6.45) is 5.73. The van der Waals surface area contributed by atoms with E-state index in [1.807, 2.05) is 0 Å². The molecule has 0 aliphatic heterocycles. The fraction of sp³-hybridized carbons (Fsp3) is 1.00. The highest BCUT2D eigenvalue weighted by molar-refractivity contribution is 8.68. The quantitative estimate of drug-likeness (QED) is 0.521. The van der Waals surface area contributed by atoms with E-state index in [2.05, 4.69) is 25.5 Å². The van der Waals surface area contributed by atoms with Crippen molar-refractivity contribution in [3.8, 4) is 0 Å². The summed E-state index contributed by atoms with van der Waals surface area (Å²) >= 11 is 4.16. The van der Waals surface area contributed by atoms with E-state index in [1.54, 1.807) is 10.8 Å². The number of thiol groups is 1. The lowest BCUT2D eigenvalue weighted by molar-refractivity contribution is 0.127. The molecule has 1 fully saturated rings. The van der Waals surface area contributed by atoms with Crippen molar-refractivity contribution in [3.63, 3.8) is 0 Å². The molecule has 0 spiro atoms. The molecule has 0 N–H and O–H groups in total. The van der Waals surface area contributed by atoms with Crippen molar-refractivity contribution < 1.29 is 0 Å². The largest absolute Gasteiger partial charge is 0.111 e. The van der Waals surface area contributed by atoms with Crippen LogP contribution in [0.25, 0.3) is 0 Å². The Kier molecular flexibility index (Phi) is 4.88. The number of rotatable bonds is 5. The highest BCUT2D eigenvalue weighted by Crippen LogP contribution is 2.42. The van der Waals surface area contributed by atoms with E-state index in [9.17, 15) is 0 Å². The molecule has 1 rings (SSSR count). The monoisotopic (exact) mass is 204 g/mol. The second-order valence-electron chi connectivity index (χ2n) is 4.10. The summed E-state index contributed by atoms with van der Waals surface area (Å²) in [4.78, 5) is 0. The Morgan fingerprint density at radius 2 is 2.17 bits per heavy atom. The lowest BCUT2D eigenvalue weighted by atomic mass is 9.67. The van der Waals surface area contributed by atoms with Crippen LogP contribution >= 0.6 is 22.5 Å². The maximum atomic E-state index is 4.16. The zero-order valence-corrected chi connectivity index (χ0v) is 9.83. The Bertz CT molecular complexity index is 119. The van der Waals surface area contributed by atoms with Crippen molar-refractivity contribution >= 4 is 22.5 Å². The molecule has 0 nitrogen and oxygen atoms in total. The van der Waals surface area contributed by atoms with Crippen LogP contribution in [0.3, 0.4) is 0 Å². The summed E-state index contributed by atoms with van der Waals surface area (Å²) < 4.78 is 0. The van der Waals surface area contributed by atoms with Crippen LogP contribution in [0.5, 0.6) is 0 Å². The zero-order valence-electron chi connectivity index (χ0n) is 8.12. The van der Waals surface area contributed by atoms with Gasteiger partial charge in [-0.15, -0.1) is 11.7 Å². The highest BCUT2D eigenvalue weighted by Gasteiger charge is 2.31. The SMILES string of the molecule is CCC(C)C1CC(CCSS)C1. The average Bonchev–Trinajstić information content (AvgIpc) is 2.01. The molecule has 0 heterocycles. The van der Waals surface area contributed by atoms with Crippen LogP contribution in [-0.2, 0) is 0 Å². The summed E-state index contributed by atoms with van der Waals surface area (Å²) in [6, 6.07) is 0. The third kappa shape index (κ3) is 2.88. The summed E-state index contributed by atoms with van der Waals surface area (Å²) in [5.74, 6) is 4.28. The third-order valence-corrected chi connectivity index (χ3v) is 4.30. The van der Waals surface area contributed by atoms with E-state index in [1.165, 1.54) is 31.4 Å². The van der Waals surface area contributed by atoms with Gasteiger partial charge in [0.15, 0.2) is 0 Å². The maximum Gasteiger partial charge on any atom is 0.00371 e. The minimum Gasteiger partial charge on any atom is -0.111 e. The lowest BCUT2D eigenvalue weighted by Crippen LogP contribution is -2.28. The Hall–Kier alpha value is 0.700. The molecule has 0 aromatic rings. The summed E-state index contributed by atoms with van der Waals surface area (Å²) in [7, 11) is 1.69. The van der Waals surface area contributed by atoms with Crippen molar-refractivity contribution in [2.45, 2.75) is 39.5 Å². The first-order chi connectivity index (χ1) is 5.77. The van der Waals surface area contributed by atoms with Gasteiger partial charge < -0.3 is 0 Å². The van der Waals surface area contributed by atoms with Crippen molar-refractivity contribution in [1.29, 1.82) is 0 Å². The van der Waals surface area contributed by atoms with Crippen LogP contribution in [0.2, 0.25) is 0 Å². The lowest BCUT2D eigenvalue weighted by Gasteiger charge is -2.39. The van der Waals surface area contributed by atoms with Crippen molar-refractivity contribution in [3.05, 3.63) is 0 Å². The molecule has 0 aromatic carbocycles. The van der Waals surface area contributed by atoms with Gasteiger partial charge in [0.25, 0.3) is 0 Å². The van der Waals surface area contributed by atoms with Gasteiger partial charge in [-0.2, -0.15) is 0 Å². The van der Waals surface area contributed by atoms with Crippen LogP contribution in [0.1, 0.15) is 39.5 Å². The van der Waals surface area contributed by atoms with E-state index in [0.717, 1.165) is 17.8 Å². The molecule has 1 saturated carbocycles. The summed E-state index contributed by atoms with van der Waals surface area (Å²) in [6.45, 7) is 4.70. The molecule has 1 aliphatic carbocycles. The molecule has 2 heteroatoms. The fourth-order valence-corrected chi connectivity index (χ4v) is 2.80. The van der Waals surface area contributed by atoms with E-state index in [0.29, 0.717) is 0 Å². The predicted octanol–water partition coefficient (Wildman–Crippen LogP) is 4.03. The van der Waals surface area contributed by atoms with Gasteiger partial charge in [0.1, 0.15) is 0 Å². The fourth-order valence-electron chi connectivity index (χ4n) is 2.04. The van der Waals surface area contributed by atoms with Gasteiger partial charge in [-0.25, -0.2) is 0 Å². The summed E-state index contributed by atoms with van der Waals surface area (Å²) in [5.41, 5.74) is 0. The minimum atomic E-state index is 0.963. The molecule has 0 aromatic heterocycles. The molecule has 1 unspecified atom stereocenters. The summed E-state index contributed by atoms with van der Waals surface area (Å²) in [5, 5.41) is 0. The van der Waals surface area contributed by atoms with Crippen LogP contribution in [0, 0.1) is 17.8 Å². The van der Waals surface area contributed by atoms with Gasteiger partial charge in [0.05, 0.1) is 0 Å². The molecule has 0 radical (unpaired) electrons. The minimum absolute atomic E-state index is 0.963. The Balaban J connectivity index is 2.03. The highest BCUT2D eigenvalue weighted by atomic mass is 33.1. The molecule has 0 bridgehead atoms. The number of hydrogen-bond donors (Lipinski definition) is 1. The van der Waals surface area contributed by atoms with Crippen LogP contribution in [0.15, 0.2) is 0 Å². The van der Waals surface area contributed by atoms with Gasteiger partial charge in [-0.1, -0.05) is 31.1 Å². The Morgan fingerprint density at radius 1 is 1.50 bits per heavy atom. The molecule has 0 saturated heterocycles. The van der Waals surface area contributed by atoms with Crippen molar-refractivity contribution in [2.75, 3.05) is 5.75 Å². The molecular formula is C10H20S2. The maximum absolute atomic E-state index is 4.16. The second-order valence-corrected chi connectivity index (χ2v) is 5.55. The predicted molar refractivity (Wildman–Crippen MR) is 61.7 cm³/mol. The Morgan fingerprint density at radius 3 is 2.67 bits per heavy atom. The zero-order chi connectivity index (χ0) is 8.97. The molecule has 0 amide bonds. The molecule has 1 atom stereocenters. The molecular weight excluding hydrogens is 184 g/mol. The Labute approximate surface area is 85.7 Å². The van der Waals surface area contributed by atoms with Gasteiger partial charge in [-0.3, -0.25) is 0 Å². The normalized spacial score (nSPS) is 31.2. The van der Waals surface area contributed by atoms with Crippen LogP contribution in [0.4, 0.5) is 0 Å². The molecule has 12 heavy (non-hydrogen) atoms. The first-order valence-electron chi connectivity index (χ1n) is 5.04. The average molecular weight is 204 g/mol. The second kappa shape index (κ2) is 5.43. The topological polar surface area (TPSA) is 0 Å². The van der Waals surface area contributed by atoms with Gasteiger partial charge in [-0.05, 0) is 37.0 Å². The van der Waals surface area contributed by atoms with E-state index >= 15 is 0 Å². The van der Waals surface area contributed by atoms with E-state index in [4.69, 9.17) is 0 Å².